The number of aliphatic carboxylic acids is 1. The van der Waals surface area contributed by atoms with E-state index in [-0.39, 0.29) is 12.6 Å². The number of hydrogen-bond donors (Lipinski definition) is 2. The van der Waals surface area contributed by atoms with Crippen molar-refractivity contribution < 1.29 is 19.8 Å². The van der Waals surface area contributed by atoms with Crippen LogP contribution in [0.1, 0.15) is 33.6 Å². The zero-order valence-electron chi connectivity index (χ0n) is 11.9. The van der Waals surface area contributed by atoms with Gasteiger partial charge in [-0.25, -0.2) is 9.59 Å². The van der Waals surface area contributed by atoms with E-state index in [1.807, 2.05) is 0 Å². The van der Waals surface area contributed by atoms with Gasteiger partial charge < -0.3 is 20.0 Å². The van der Waals surface area contributed by atoms with E-state index in [0.717, 1.165) is 6.42 Å². The van der Waals surface area contributed by atoms with Gasteiger partial charge in [0.05, 0.1) is 0 Å². The average Bonchev–Trinajstić information content (AvgIpc) is 2.78. The molecule has 0 aromatic rings. The molecule has 1 atom stereocenters. The van der Waals surface area contributed by atoms with Gasteiger partial charge in [0.2, 0.25) is 0 Å². The molecule has 1 rings (SSSR count). The van der Waals surface area contributed by atoms with Crippen LogP contribution in [0.25, 0.3) is 0 Å². The number of amides is 2. The summed E-state index contributed by atoms with van der Waals surface area (Å²) in [5.41, 5.74) is -1.21. The van der Waals surface area contributed by atoms with Crippen LogP contribution in [0.4, 0.5) is 4.79 Å². The van der Waals surface area contributed by atoms with Crippen molar-refractivity contribution in [3.63, 3.8) is 0 Å². The summed E-state index contributed by atoms with van der Waals surface area (Å²) in [5, 5.41) is 18.1. The van der Waals surface area contributed by atoms with Gasteiger partial charge in [0.1, 0.15) is 5.54 Å². The Bertz CT molecular complexity index is 344. The zero-order valence-corrected chi connectivity index (χ0v) is 11.9. The molecule has 0 saturated carbocycles. The summed E-state index contributed by atoms with van der Waals surface area (Å²) in [6.07, 6.45) is 1.57. The lowest BCUT2D eigenvalue weighted by molar-refractivity contribution is -0.147. The molecule has 1 aliphatic rings. The number of aliphatic hydroxyl groups is 1. The summed E-state index contributed by atoms with van der Waals surface area (Å²) in [6.45, 7) is 6.59. The number of nitrogens with zero attached hydrogens (tertiary/aromatic N) is 2. The van der Waals surface area contributed by atoms with Crippen LogP contribution in [0.2, 0.25) is 0 Å². The Morgan fingerprint density at radius 2 is 2.05 bits per heavy atom. The molecule has 6 heteroatoms. The van der Waals surface area contributed by atoms with Gasteiger partial charge >= 0.3 is 12.0 Å². The summed E-state index contributed by atoms with van der Waals surface area (Å²) >= 11 is 0. The maximum absolute atomic E-state index is 12.4. The molecule has 2 N–H and O–H groups in total. The van der Waals surface area contributed by atoms with E-state index in [2.05, 4.69) is 0 Å². The Labute approximate surface area is 114 Å². The minimum atomic E-state index is -1.21. The first kappa shape index (κ1) is 15.8. The predicted molar refractivity (Wildman–Crippen MR) is 70.9 cm³/mol. The number of likely N-dealkylation sites (tertiary alicyclic amines) is 1. The number of carbonyl (C=O) groups is 2. The normalized spacial score (nSPS) is 19.6. The molecule has 6 nitrogen and oxygen atoms in total. The molecule has 1 heterocycles. The van der Waals surface area contributed by atoms with Gasteiger partial charge in [0.25, 0.3) is 0 Å². The third-order valence-electron chi connectivity index (χ3n) is 3.84. The van der Waals surface area contributed by atoms with Crippen molar-refractivity contribution in [2.24, 2.45) is 5.92 Å². The van der Waals surface area contributed by atoms with Gasteiger partial charge in [-0.2, -0.15) is 0 Å². The van der Waals surface area contributed by atoms with Crippen LogP contribution in [0.5, 0.6) is 0 Å². The first-order valence-corrected chi connectivity index (χ1v) is 6.75. The second kappa shape index (κ2) is 6.23. The molecule has 1 fully saturated rings. The smallest absolute Gasteiger partial charge is 0.329 e. The molecule has 1 saturated heterocycles. The average molecular weight is 272 g/mol. The lowest BCUT2D eigenvalue weighted by Crippen LogP contribution is -2.56. The maximum Gasteiger partial charge on any atom is 0.329 e. The molecule has 0 aromatic carbocycles. The number of carboxylic acid groups (broad SMARTS) is 1. The fraction of sp³-hybridized carbons (Fsp3) is 0.846. The summed E-state index contributed by atoms with van der Waals surface area (Å²) in [6, 6.07) is -0.227. The molecular formula is C13H24N2O4. The van der Waals surface area contributed by atoms with Crippen molar-refractivity contribution in [1.29, 1.82) is 0 Å². The van der Waals surface area contributed by atoms with E-state index in [1.165, 1.54) is 18.7 Å². The number of carbonyl (C=O) groups excluding carboxylic acids is 1. The van der Waals surface area contributed by atoms with E-state index in [1.54, 1.807) is 11.8 Å². The molecule has 0 spiro atoms. The second-order valence-corrected chi connectivity index (χ2v) is 5.50. The van der Waals surface area contributed by atoms with Crippen LogP contribution in [0.3, 0.4) is 0 Å². The number of urea groups is 1. The van der Waals surface area contributed by atoms with Crippen LogP contribution in [-0.2, 0) is 4.79 Å². The Kier molecular flexibility index (Phi) is 5.17. The first-order chi connectivity index (χ1) is 8.84. The second-order valence-electron chi connectivity index (χ2n) is 5.50. The van der Waals surface area contributed by atoms with Gasteiger partial charge in [-0.05, 0) is 39.5 Å². The molecule has 0 bridgehead atoms. The van der Waals surface area contributed by atoms with Crippen molar-refractivity contribution in [2.75, 3.05) is 26.2 Å². The van der Waals surface area contributed by atoms with Crippen LogP contribution >= 0.6 is 0 Å². The Balaban J connectivity index is 2.73. The third-order valence-corrected chi connectivity index (χ3v) is 3.84. The largest absolute Gasteiger partial charge is 0.480 e. The van der Waals surface area contributed by atoms with Crippen LogP contribution in [0.15, 0.2) is 0 Å². The molecule has 0 aliphatic carbocycles. The van der Waals surface area contributed by atoms with E-state index < -0.39 is 11.5 Å². The maximum atomic E-state index is 12.4. The van der Waals surface area contributed by atoms with Gasteiger partial charge in [-0.3, -0.25) is 0 Å². The fourth-order valence-corrected chi connectivity index (χ4v) is 2.48. The van der Waals surface area contributed by atoms with Crippen molar-refractivity contribution in [1.82, 2.24) is 9.80 Å². The summed E-state index contributed by atoms with van der Waals surface area (Å²) in [7, 11) is 0. The van der Waals surface area contributed by atoms with Gasteiger partial charge in [0, 0.05) is 26.2 Å². The van der Waals surface area contributed by atoms with E-state index in [4.69, 9.17) is 5.11 Å². The lowest BCUT2D eigenvalue weighted by Gasteiger charge is -2.37. The standard InChI is InChI=1S/C13H24N2O4/c1-4-15(13(2,3)11(17)18)12(19)14-7-5-10(9-14)6-8-16/h10,16H,4-9H2,1-3H3,(H,17,18). The lowest BCUT2D eigenvalue weighted by atomic mass is 10.0. The molecule has 1 aliphatic heterocycles. The molecule has 19 heavy (non-hydrogen) atoms. The van der Waals surface area contributed by atoms with E-state index in [0.29, 0.717) is 32.0 Å². The number of likely N-dealkylation sites (N-methyl/N-ethyl adjacent to an activating group) is 1. The minimum Gasteiger partial charge on any atom is -0.480 e. The summed E-state index contributed by atoms with van der Waals surface area (Å²) < 4.78 is 0. The summed E-state index contributed by atoms with van der Waals surface area (Å²) in [4.78, 5) is 26.7. The topological polar surface area (TPSA) is 81.1 Å². The van der Waals surface area contributed by atoms with Crippen molar-refractivity contribution >= 4 is 12.0 Å². The number of aliphatic hydroxyl groups excluding tert-OH is 1. The SMILES string of the molecule is CCN(C(=O)N1CCC(CCO)C1)C(C)(C)C(=O)O. The molecular weight excluding hydrogens is 248 g/mol. The highest BCUT2D eigenvalue weighted by Gasteiger charge is 2.40. The van der Waals surface area contributed by atoms with Crippen LogP contribution < -0.4 is 0 Å². The highest BCUT2D eigenvalue weighted by Crippen LogP contribution is 2.23. The zero-order chi connectivity index (χ0) is 14.6. The number of rotatable bonds is 5. The summed E-state index contributed by atoms with van der Waals surface area (Å²) in [5.74, 6) is -0.686. The third kappa shape index (κ3) is 3.37. The quantitative estimate of drug-likeness (QED) is 0.782. The van der Waals surface area contributed by atoms with Crippen molar-refractivity contribution in [3.05, 3.63) is 0 Å². The van der Waals surface area contributed by atoms with Crippen LogP contribution in [0, 0.1) is 5.92 Å². The molecule has 0 radical (unpaired) electrons. The Hall–Kier alpha value is -1.30. The van der Waals surface area contributed by atoms with E-state index >= 15 is 0 Å². The van der Waals surface area contributed by atoms with Gasteiger partial charge in [-0.15, -0.1) is 0 Å². The monoisotopic (exact) mass is 272 g/mol. The number of carboxylic acids is 1. The molecule has 2 amide bonds. The van der Waals surface area contributed by atoms with Crippen molar-refractivity contribution in [3.8, 4) is 0 Å². The minimum absolute atomic E-state index is 0.130. The first-order valence-electron chi connectivity index (χ1n) is 6.75. The Morgan fingerprint density at radius 3 is 2.53 bits per heavy atom. The highest BCUT2D eigenvalue weighted by atomic mass is 16.4. The van der Waals surface area contributed by atoms with E-state index in [9.17, 15) is 14.7 Å². The number of hydrogen-bond acceptors (Lipinski definition) is 3. The van der Waals surface area contributed by atoms with Crippen molar-refractivity contribution in [2.45, 2.75) is 39.2 Å². The highest BCUT2D eigenvalue weighted by molar-refractivity contribution is 5.85. The molecule has 0 aromatic heterocycles. The Morgan fingerprint density at radius 1 is 1.42 bits per heavy atom. The van der Waals surface area contributed by atoms with Gasteiger partial charge in [0.15, 0.2) is 0 Å². The van der Waals surface area contributed by atoms with Crippen LogP contribution in [-0.4, -0.2) is 63.8 Å². The molecule has 110 valence electrons. The molecule has 1 unspecified atom stereocenters. The predicted octanol–water partition coefficient (Wildman–Crippen LogP) is 0.996. The van der Waals surface area contributed by atoms with Gasteiger partial charge in [-0.1, -0.05) is 0 Å². The fourth-order valence-electron chi connectivity index (χ4n) is 2.48.